The summed E-state index contributed by atoms with van der Waals surface area (Å²) in [6.07, 6.45) is -3.31. The summed E-state index contributed by atoms with van der Waals surface area (Å²) in [6, 6.07) is -0.928. The van der Waals surface area contributed by atoms with Crippen LogP contribution in [0.1, 0.15) is 13.3 Å². The first-order valence-electron chi connectivity index (χ1n) is 4.03. The number of aliphatic hydroxyl groups excluding tert-OH is 3. The van der Waals surface area contributed by atoms with Crippen molar-refractivity contribution in [2.45, 2.75) is 44.0 Å². The molecule has 5 N–H and O–H groups in total. The summed E-state index contributed by atoms with van der Waals surface area (Å²) in [4.78, 5) is 0. The Bertz CT molecular complexity index is 150. The number of nitrogens with two attached hydrogens (primary N) is 1. The van der Waals surface area contributed by atoms with Crippen LogP contribution in [-0.4, -0.2) is 46.0 Å². The van der Waals surface area contributed by atoms with Gasteiger partial charge in [0.1, 0.15) is 12.2 Å². The van der Waals surface area contributed by atoms with Gasteiger partial charge in [0.25, 0.3) is 0 Å². The molecule has 0 aromatic heterocycles. The molecule has 5 heteroatoms. The molecule has 12 heavy (non-hydrogen) atoms. The van der Waals surface area contributed by atoms with Gasteiger partial charge in [-0.05, 0) is 6.42 Å². The van der Waals surface area contributed by atoms with Crippen molar-refractivity contribution >= 4 is 0 Å². The van der Waals surface area contributed by atoms with E-state index in [4.69, 9.17) is 15.6 Å². The first kappa shape index (κ1) is 9.88. The van der Waals surface area contributed by atoms with Crippen molar-refractivity contribution < 1.29 is 20.1 Å². The van der Waals surface area contributed by atoms with E-state index in [0.717, 1.165) is 0 Å². The third kappa shape index (κ3) is 1.60. The number of hydrogen-bond acceptors (Lipinski definition) is 5. The third-order valence-corrected chi connectivity index (χ3v) is 2.17. The molecule has 72 valence electrons. The lowest BCUT2D eigenvalue weighted by molar-refractivity contribution is -0.242. The Labute approximate surface area is 70.8 Å². The summed E-state index contributed by atoms with van der Waals surface area (Å²) in [6.45, 7) is 1.80. The van der Waals surface area contributed by atoms with Crippen molar-refractivity contribution in [3.8, 4) is 0 Å². The van der Waals surface area contributed by atoms with Gasteiger partial charge in [-0.3, -0.25) is 0 Å². The molecular formula is C7H15NO4. The molecular weight excluding hydrogens is 162 g/mol. The number of hydrogen-bond donors (Lipinski definition) is 4. The highest BCUT2D eigenvalue weighted by molar-refractivity contribution is 4.90. The van der Waals surface area contributed by atoms with Crippen LogP contribution in [-0.2, 0) is 4.74 Å². The largest absolute Gasteiger partial charge is 0.388 e. The second kappa shape index (κ2) is 3.68. The quantitative estimate of drug-likeness (QED) is 0.377. The topological polar surface area (TPSA) is 95.9 Å². The maximum Gasteiger partial charge on any atom is 0.172 e. The molecule has 1 rings (SSSR count). The van der Waals surface area contributed by atoms with E-state index in [1.165, 1.54) is 0 Å². The van der Waals surface area contributed by atoms with E-state index >= 15 is 0 Å². The summed E-state index contributed by atoms with van der Waals surface area (Å²) in [7, 11) is 0. The molecule has 0 aromatic carbocycles. The van der Waals surface area contributed by atoms with Crippen molar-refractivity contribution in [1.82, 2.24) is 0 Å². The highest BCUT2D eigenvalue weighted by Gasteiger charge is 2.40. The van der Waals surface area contributed by atoms with Gasteiger partial charge in [0.15, 0.2) is 6.29 Å². The predicted molar refractivity (Wildman–Crippen MR) is 41.2 cm³/mol. The fraction of sp³-hybridized carbons (Fsp3) is 1.00. The Morgan fingerprint density at radius 1 is 1.25 bits per heavy atom. The first-order chi connectivity index (χ1) is 5.57. The zero-order valence-electron chi connectivity index (χ0n) is 6.92. The summed E-state index contributed by atoms with van der Waals surface area (Å²) in [5, 5.41) is 27.8. The van der Waals surface area contributed by atoms with E-state index in [1.54, 1.807) is 6.92 Å². The Kier molecular flexibility index (Phi) is 3.03. The summed E-state index contributed by atoms with van der Waals surface area (Å²) in [5.74, 6) is 0. The summed E-state index contributed by atoms with van der Waals surface area (Å²) in [5.41, 5.74) is 5.34. The minimum absolute atomic E-state index is 0.530. The van der Waals surface area contributed by atoms with Gasteiger partial charge in [-0.15, -0.1) is 0 Å². The highest BCUT2D eigenvalue weighted by Crippen LogP contribution is 2.20. The molecule has 0 radical (unpaired) electrons. The van der Waals surface area contributed by atoms with Crippen molar-refractivity contribution in [3.05, 3.63) is 0 Å². The molecule has 0 saturated carbocycles. The zero-order chi connectivity index (χ0) is 9.30. The second-order valence-electron chi connectivity index (χ2n) is 3.03. The first-order valence-corrected chi connectivity index (χ1v) is 4.03. The molecule has 5 nitrogen and oxygen atoms in total. The fourth-order valence-corrected chi connectivity index (χ4v) is 1.30. The zero-order valence-corrected chi connectivity index (χ0v) is 6.92. The van der Waals surface area contributed by atoms with Gasteiger partial charge < -0.3 is 25.8 Å². The van der Waals surface area contributed by atoms with Crippen LogP contribution in [0.4, 0.5) is 0 Å². The molecule has 0 bridgehead atoms. The van der Waals surface area contributed by atoms with E-state index in [-0.39, 0.29) is 0 Å². The minimum Gasteiger partial charge on any atom is -0.388 e. The lowest BCUT2D eigenvalue weighted by Crippen LogP contribution is -2.60. The van der Waals surface area contributed by atoms with Gasteiger partial charge >= 0.3 is 0 Å². The minimum atomic E-state index is -1.19. The lowest BCUT2D eigenvalue weighted by Gasteiger charge is -2.38. The van der Waals surface area contributed by atoms with Crippen molar-refractivity contribution in [2.24, 2.45) is 5.73 Å². The van der Waals surface area contributed by atoms with Crippen LogP contribution in [0.15, 0.2) is 0 Å². The van der Waals surface area contributed by atoms with Gasteiger partial charge in [-0.2, -0.15) is 0 Å². The van der Waals surface area contributed by atoms with E-state index in [1.807, 2.05) is 0 Å². The highest BCUT2D eigenvalue weighted by atomic mass is 16.6. The van der Waals surface area contributed by atoms with Crippen molar-refractivity contribution in [3.63, 3.8) is 0 Å². The van der Waals surface area contributed by atoms with Crippen LogP contribution in [0.2, 0.25) is 0 Å². The average Bonchev–Trinajstić information content (AvgIpc) is 2.08. The molecule has 1 fully saturated rings. The standard InChI is InChI=1S/C7H15NO4/c1-2-3-5(9)6(10)4(8)7(11)12-3/h3-7,9-11H,2,8H2,1H3/t3-,4+,5-,6-,7+/m1/s1. The van der Waals surface area contributed by atoms with E-state index in [0.29, 0.717) is 6.42 Å². The molecule has 0 spiro atoms. The number of aliphatic hydroxyl groups is 3. The Balaban J connectivity index is 2.63. The number of rotatable bonds is 1. The van der Waals surface area contributed by atoms with Crippen LogP contribution >= 0.6 is 0 Å². The molecule has 0 unspecified atom stereocenters. The van der Waals surface area contributed by atoms with Crippen LogP contribution in [0.5, 0.6) is 0 Å². The van der Waals surface area contributed by atoms with E-state index < -0.39 is 30.6 Å². The molecule has 1 saturated heterocycles. The van der Waals surface area contributed by atoms with Gasteiger partial charge in [-0.1, -0.05) is 6.92 Å². The van der Waals surface area contributed by atoms with E-state index in [2.05, 4.69) is 0 Å². The number of ether oxygens (including phenoxy) is 1. The molecule has 0 amide bonds. The van der Waals surface area contributed by atoms with Gasteiger partial charge in [0, 0.05) is 0 Å². The van der Waals surface area contributed by atoms with E-state index in [9.17, 15) is 10.2 Å². The van der Waals surface area contributed by atoms with Crippen LogP contribution in [0.3, 0.4) is 0 Å². The Morgan fingerprint density at radius 3 is 2.33 bits per heavy atom. The van der Waals surface area contributed by atoms with Crippen LogP contribution in [0, 0.1) is 0 Å². The SMILES string of the molecule is CC[C@H]1O[C@H](O)[C@@H](N)[C@@H](O)[C@@H]1O. The fourth-order valence-electron chi connectivity index (χ4n) is 1.30. The van der Waals surface area contributed by atoms with Crippen molar-refractivity contribution in [1.29, 1.82) is 0 Å². The summed E-state index contributed by atoms with van der Waals surface area (Å²) >= 11 is 0. The smallest absolute Gasteiger partial charge is 0.172 e. The molecule has 1 aliphatic rings. The Hall–Kier alpha value is -0.200. The maximum absolute atomic E-state index is 9.36. The molecule has 0 aliphatic carbocycles. The maximum atomic E-state index is 9.36. The molecule has 1 heterocycles. The van der Waals surface area contributed by atoms with Crippen LogP contribution < -0.4 is 5.73 Å². The monoisotopic (exact) mass is 177 g/mol. The van der Waals surface area contributed by atoms with Gasteiger partial charge in [-0.25, -0.2) is 0 Å². The van der Waals surface area contributed by atoms with Crippen LogP contribution in [0.25, 0.3) is 0 Å². The predicted octanol–water partition coefficient (Wildman–Crippen LogP) is -1.84. The summed E-state index contributed by atoms with van der Waals surface area (Å²) < 4.78 is 4.95. The third-order valence-electron chi connectivity index (χ3n) is 2.17. The lowest BCUT2D eigenvalue weighted by atomic mass is 9.96. The van der Waals surface area contributed by atoms with Crippen molar-refractivity contribution in [2.75, 3.05) is 0 Å². The van der Waals surface area contributed by atoms with Gasteiger partial charge in [0.2, 0.25) is 0 Å². The van der Waals surface area contributed by atoms with Gasteiger partial charge in [0.05, 0.1) is 12.1 Å². The Morgan fingerprint density at radius 2 is 1.83 bits per heavy atom. The average molecular weight is 177 g/mol. The molecule has 1 aliphatic heterocycles. The molecule has 5 atom stereocenters. The molecule has 0 aromatic rings. The normalized spacial score (nSPS) is 49.2. The second-order valence-corrected chi connectivity index (χ2v) is 3.03.